The molecule has 0 saturated carbocycles. The second kappa shape index (κ2) is 6.78. The minimum Gasteiger partial charge on any atom is -0.493 e. The number of nitrogens with zero attached hydrogens (tertiary/aromatic N) is 1. The van der Waals surface area contributed by atoms with E-state index in [4.69, 9.17) is 4.74 Å². The molecule has 0 saturated heterocycles. The molecule has 19 heavy (non-hydrogen) atoms. The van der Waals surface area contributed by atoms with Gasteiger partial charge in [0.1, 0.15) is 5.75 Å². The first-order chi connectivity index (χ1) is 9.24. The lowest BCUT2D eigenvalue weighted by molar-refractivity contribution is 0.271. The predicted molar refractivity (Wildman–Crippen MR) is 78.3 cm³/mol. The second-order valence-corrected chi connectivity index (χ2v) is 4.94. The summed E-state index contributed by atoms with van der Waals surface area (Å²) in [6.45, 7) is 5.84. The monoisotopic (exact) mass is 256 g/mol. The van der Waals surface area contributed by atoms with Gasteiger partial charge in [-0.25, -0.2) is 0 Å². The highest BCUT2D eigenvalue weighted by atomic mass is 16.5. The van der Waals surface area contributed by atoms with Gasteiger partial charge in [0, 0.05) is 24.6 Å². The van der Waals surface area contributed by atoms with Crippen molar-refractivity contribution in [2.45, 2.75) is 20.4 Å². The van der Waals surface area contributed by atoms with E-state index in [1.807, 2.05) is 36.4 Å². The van der Waals surface area contributed by atoms with Gasteiger partial charge in [0.2, 0.25) is 0 Å². The summed E-state index contributed by atoms with van der Waals surface area (Å²) in [5.41, 5.74) is 2.31. The Kier molecular flexibility index (Phi) is 4.78. The molecule has 1 N–H and O–H groups in total. The van der Waals surface area contributed by atoms with Gasteiger partial charge in [-0.1, -0.05) is 13.8 Å². The molecule has 2 rings (SSSR count). The third kappa shape index (κ3) is 4.62. The van der Waals surface area contributed by atoms with E-state index in [0.29, 0.717) is 5.92 Å². The highest BCUT2D eigenvalue weighted by Gasteiger charge is 1.98. The van der Waals surface area contributed by atoms with Crippen LogP contribution in [-0.4, -0.2) is 11.6 Å². The van der Waals surface area contributed by atoms with Gasteiger partial charge >= 0.3 is 0 Å². The molecule has 1 aromatic heterocycles. The van der Waals surface area contributed by atoms with E-state index in [0.717, 1.165) is 24.6 Å². The summed E-state index contributed by atoms with van der Waals surface area (Å²) in [5, 5.41) is 3.37. The molecular formula is C16H20N2O. The molecular weight excluding hydrogens is 236 g/mol. The smallest absolute Gasteiger partial charge is 0.119 e. The normalized spacial score (nSPS) is 10.5. The van der Waals surface area contributed by atoms with E-state index in [9.17, 15) is 0 Å². The maximum atomic E-state index is 5.65. The molecule has 0 fully saturated rings. The number of benzene rings is 1. The fraction of sp³-hybridized carbons (Fsp3) is 0.312. The first-order valence-electron chi connectivity index (χ1n) is 6.59. The van der Waals surface area contributed by atoms with E-state index in [1.165, 1.54) is 5.56 Å². The Hall–Kier alpha value is -2.03. The zero-order valence-electron chi connectivity index (χ0n) is 11.5. The van der Waals surface area contributed by atoms with Crippen molar-refractivity contribution in [1.82, 2.24) is 4.98 Å². The van der Waals surface area contributed by atoms with Crippen LogP contribution < -0.4 is 10.1 Å². The van der Waals surface area contributed by atoms with Crippen LogP contribution in [0.3, 0.4) is 0 Å². The van der Waals surface area contributed by atoms with Crippen LogP contribution in [0, 0.1) is 5.92 Å². The van der Waals surface area contributed by atoms with E-state index >= 15 is 0 Å². The largest absolute Gasteiger partial charge is 0.493 e. The summed E-state index contributed by atoms with van der Waals surface area (Å²) >= 11 is 0. The number of aromatic nitrogens is 1. The van der Waals surface area contributed by atoms with Gasteiger partial charge < -0.3 is 10.1 Å². The van der Waals surface area contributed by atoms with Crippen LogP contribution >= 0.6 is 0 Å². The van der Waals surface area contributed by atoms with Crippen LogP contribution in [0.15, 0.2) is 48.8 Å². The number of rotatable bonds is 6. The number of pyridine rings is 1. The Bertz CT molecular complexity index is 480. The number of nitrogens with one attached hydrogen (secondary N) is 1. The molecule has 0 spiro atoms. The summed E-state index contributed by atoms with van der Waals surface area (Å²) in [6.07, 6.45) is 3.61. The Morgan fingerprint density at radius 2 is 1.74 bits per heavy atom. The minimum absolute atomic E-state index is 0.546. The van der Waals surface area contributed by atoms with Crippen molar-refractivity contribution in [1.29, 1.82) is 0 Å². The second-order valence-electron chi connectivity index (χ2n) is 4.94. The third-order valence-electron chi connectivity index (χ3n) is 2.68. The molecule has 0 amide bonds. The van der Waals surface area contributed by atoms with Gasteiger partial charge in [-0.3, -0.25) is 4.98 Å². The zero-order valence-corrected chi connectivity index (χ0v) is 11.5. The standard InChI is InChI=1S/C16H20N2O/c1-13(2)12-19-16-5-3-15(4-6-16)18-11-14-7-9-17-10-8-14/h3-10,13,18H,11-12H2,1-2H3. The number of hydrogen-bond acceptors (Lipinski definition) is 3. The van der Waals surface area contributed by atoms with Crippen molar-refractivity contribution >= 4 is 5.69 Å². The summed E-state index contributed by atoms with van der Waals surface area (Å²) in [5.74, 6) is 1.47. The van der Waals surface area contributed by atoms with Crippen LogP contribution in [0.5, 0.6) is 5.75 Å². The van der Waals surface area contributed by atoms with Gasteiger partial charge in [0.15, 0.2) is 0 Å². The van der Waals surface area contributed by atoms with Crippen molar-refractivity contribution in [2.75, 3.05) is 11.9 Å². The van der Waals surface area contributed by atoms with Gasteiger partial charge in [-0.15, -0.1) is 0 Å². The van der Waals surface area contributed by atoms with E-state index in [-0.39, 0.29) is 0 Å². The van der Waals surface area contributed by atoms with Crippen molar-refractivity contribution in [2.24, 2.45) is 5.92 Å². The molecule has 0 atom stereocenters. The lowest BCUT2D eigenvalue weighted by atomic mass is 10.2. The Labute approximate surface area is 114 Å². The topological polar surface area (TPSA) is 34.1 Å². The maximum Gasteiger partial charge on any atom is 0.119 e. The molecule has 3 heteroatoms. The van der Waals surface area contributed by atoms with Crippen LogP contribution in [-0.2, 0) is 6.54 Å². The molecule has 0 aliphatic rings. The van der Waals surface area contributed by atoms with Crippen molar-refractivity contribution in [3.05, 3.63) is 54.4 Å². The summed E-state index contributed by atoms with van der Waals surface area (Å²) in [4.78, 5) is 4.00. The molecule has 1 heterocycles. The highest BCUT2D eigenvalue weighted by Crippen LogP contribution is 2.17. The lowest BCUT2D eigenvalue weighted by Gasteiger charge is -2.10. The van der Waals surface area contributed by atoms with Gasteiger partial charge in [0.05, 0.1) is 6.61 Å². The highest BCUT2D eigenvalue weighted by molar-refractivity contribution is 5.46. The quantitative estimate of drug-likeness (QED) is 0.855. The zero-order chi connectivity index (χ0) is 13.5. The van der Waals surface area contributed by atoms with Crippen molar-refractivity contribution in [3.63, 3.8) is 0 Å². The summed E-state index contributed by atoms with van der Waals surface area (Å²) in [6, 6.07) is 12.1. The van der Waals surface area contributed by atoms with Crippen LogP contribution in [0.2, 0.25) is 0 Å². The van der Waals surface area contributed by atoms with Crippen molar-refractivity contribution in [3.8, 4) is 5.75 Å². The summed E-state index contributed by atoms with van der Waals surface area (Å²) in [7, 11) is 0. The number of anilines is 1. The molecule has 100 valence electrons. The molecule has 0 aliphatic carbocycles. The molecule has 0 radical (unpaired) electrons. The minimum atomic E-state index is 0.546. The number of ether oxygens (including phenoxy) is 1. The van der Waals surface area contributed by atoms with E-state index < -0.39 is 0 Å². The fourth-order valence-corrected chi connectivity index (χ4v) is 1.64. The van der Waals surface area contributed by atoms with E-state index in [2.05, 4.69) is 24.1 Å². The Balaban J connectivity index is 1.85. The lowest BCUT2D eigenvalue weighted by Crippen LogP contribution is -2.04. The van der Waals surface area contributed by atoms with Gasteiger partial charge in [0.25, 0.3) is 0 Å². The number of hydrogen-bond donors (Lipinski definition) is 1. The Morgan fingerprint density at radius 3 is 2.37 bits per heavy atom. The van der Waals surface area contributed by atoms with Crippen LogP contribution in [0.25, 0.3) is 0 Å². The fourth-order valence-electron chi connectivity index (χ4n) is 1.64. The van der Waals surface area contributed by atoms with Gasteiger partial charge in [-0.05, 0) is 47.9 Å². The molecule has 3 nitrogen and oxygen atoms in total. The average Bonchev–Trinajstić information content (AvgIpc) is 2.45. The average molecular weight is 256 g/mol. The maximum absolute atomic E-state index is 5.65. The van der Waals surface area contributed by atoms with Crippen molar-refractivity contribution < 1.29 is 4.74 Å². The Morgan fingerprint density at radius 1 is 1.05 bits per heavy atom. The third-order valence-corrected chi connectivity index (χ3v) is 2.68. The first kappa shape index (κ1) is 13.4. The molecule has 0 bridgehead atoms. The first-order valence-corrected chi connectivity index (χ1v) is 6.59. The molecule has 0 aliphatic heterocycles. The SMILES string of the molecule is CC(C)COc1ccc(NCc2ccncc2)cc1. The van der Waals surface area contributed by atoms with Crippen LogP contribution in [0.4, 0.5) is 5.69 Å². The summed E-state index contributed by atoms with van der Waals surface area (Å²) < 4.78 is 5.65. The molecule has 2 aromatic rings. The molecule has 0 unspecified atom stereocenters. The van der Waals surface area contributed by atoms with E-state index in [1.54, 1.807) is 12.4 Å². The van der Waals surface area contributed by atoms with Gasteiger partial charge in [-0.2, -0.15) is 0 Å². The predicted octanol–water partition coefficient (Wildman–Crippen LogP) is 3.73. The van der Waals surface area contributed by atoms with Crippen LogP contribution in [0.1, 0.15) is 19.4 Å². The molecule has 1 aromatic carbocycles.